The van der Waals surface area contributed by atoms with Crippen molar-refractivity contribution < 1.29 is 17.4 Å². The molecule has 1 N–H and O–H groups in total. The lowest BCUT2D eigenvalue weighted by molar-refractivity contribution is -0.114. The number of fused-ring (bicyclic) bond motifs is 1. The van der Waals surface area contributed by atoms with Crippen LogP contribution in [0.5, 0.6) is 0 Å². The molecule has 5 nitrogen and oxygen atoms in total. The van der Waals surface area contributed by atoms with Crippen LogP contribution in [0.3, 0.4) is 0 Å². The normalized spacial score (nSPS) is 18.7. The van der Waals surface area contributed by atoms with Crippen LogP contribution in [-0.4, -0.2) is 26.7 Å². The average molecular weight is 283 g/mol. The van der Waals surface area contributed by atoms with E-state index in [0.717, 1.165) is 29.5 Å². The van der Waals surface area contributed by atoms with Gasteiger partial charge < -0.3 is 5.32 Å². The zero-order chi connectivity index (χ0) is 14.0. The number of hydrogen-bond acceptors (Lipinski definition) is 4. The highest BCUT2D eigenvalue weighted by Gasteiger charge is 2.24. The Labute approximate surface area is 113 Å². The van der Waals surface area contributed by atoms with Crippen molar-refractivity contribution in [2.45, 2.75) is 32.3 Å². The first-order valence-electron chi connectivity index (χ1n) is 6.12. The van der Waals surface area contributed by atoms with Gasteiger partial charge in [0.25, 0.3) is 10.1 Å². The second kappa shape index (κ2) is 5.30. The van der Waals surface area contributed by atoms with Crippen LogP contribution >= 0.6 is 0 Å². The predicted octanol–water partition coefficient (Wildman–Crippen LogP) is 1.48. The minimum Gasteiger partial charge on any atom is -0.326 e. The predicted molar refractivity (Wildman–Crippen MR) is 72.5 cm³/mol. The van der Waals surface area contributed by atoms with Crippen molar-refractivity contribution in [1.82, 2.24) is 0 Å². The molecule has 1 amide bonds. The molecule has 0 saturated heterocycles. The van der Waals surface area contributed by atoms with Crippen LogP contribution < -0.4 is 5.32 Å². The van der Waals surface area contributed by atoms with Gasteiger partial charge in [0.1, 0.15) is 0 Å². The third-order valence-corrected chi connectivity index (χ3v) is 3.68. The lowest BCUT2D eigenvalue weighted by Gasteiger charge is -2.25. The monoisotopic (exact) mass is 283 g/mol. The van der Waals surface area contributed by atoms with Crippen molar-refractivity contribution in [1.29, 1.82) is 0 Å². The van der Waals surface area contributed by atoms with Gasteiger partial charge in [-0.25, -0.2) is 0 Å². The number of hydrogen-bond donors (Lipinski definition) is 1. The summed E-state index contributed by atoms with van der Waals surface area (Å²) in [5.41, 5.74) is 2.85. The molecule has 0 heterocycles. The largest absolute Gasteiger partial charge is 0.326 e. The first-order valence-corrected chi connectivity index (χ1v) is 7.93. The molecule has 0 saturated carbocycles. The number of rotatable bonds is 3. The van der Waals surface area contributed by atoms with Crippen molar-refractivity contribution in [2.24, 2.45) is 0 Å². The van der Waals surface area contributed by atoms with Crippen molar-refractivity contribution >= 4 is 21.7 Å². The van der Waals surface area contributed by atoms with Gasteiger partial charge in [0.2, 0.25) is 5.91 Å². The van der Waals surface area contributed by atoms with Crippen LogP contribution in [-0.2, 0) is 31.9 Å². The van der Waals surface area contributed by atoms with E-state index in [0.29, 0.717) is 12.8 Å². The van der Waals surface area contributed by atoms with Gasteiger partial charge in [-0.3, -0.25) is 8.98 Å². The smallest absolute Gasteiger partial charge is 0.264 e. The van der Waals surface area contributed by atoms with Crippen LogP contribution in [0.15, 0.2) is 18.2 Å². The van der Waals surface area contributed by atoms with E-state index in [-0.39, 0.29) is 12.0 Å². The quantitative estimate of drug-likeness (QED) is 0.853. The summed E-state index contributed by atoms with van der Waals surface area (Å²) in [6, 6.07) is 5.71. The molecule has 1 aliphatic rings. The van der Waals surface area contributed by atoms with Crippen molar-refractivity contribution in [2.75, 3.05) is 11.6 Å². The summed E-state index contributed by atoms with van der Waals surface area (Å²) in [5.74, 6) is -0.139. The number of carbonyl (C=O) groups is 1. The lowest BCUT2D eigenvalue weighted by atomic mass is 9.88. The Morgan fingerprint density at radius 1 is 1.42 bits per heavy atom. The molecule has 1 aromatic carbocycles. The van der Waals surface area contributed by atoms with Crippen molar-refractivity contribution in [3.8, 4) is 0 Å². The summed E-state index contributed by atoms with van der Waals surface area (Å²) >= 11 is 0. The van der Waals surface area contributed by atoms with Gasteiger partial charge in [0, 0.05) is 19.0 Å². The van der Waals surface area contributed by atoms with Gasteiger partial charge in [0.15, 0.2) is 0 Å². The maximum absolute atomic E-state index is 11.2. The fourth-order valence-corrected chi connectivity index (χ4v) is 3.05. The molecule has 1 unspecified atom stereocenters. The Morgan fingerprint density at radius 2 is 2.16 bits per heavy atom. The Morgan fingerprint density at radius 3 is 2.79 bits per heavy atom. The van der Waals surface area contributed by atoms with E-state index in [1.807, 2.05) is 18.2 Å². The Bertz CT molecular complexity index is 595. The highest BCUT2D eigenvalue weighted by atomic mass is 32.2. The average Bonchev–Trinajstić information content (AvgIpc) is 2.27. The summed E-state index contributed by atoms with van der Waals surface area (Å²) in [5, 5.41) is 2.77. The molecule has 2 rings (SSSR count). The second-order valence-electron chi connectivity index (χ2n) is 4.79. The zero-order valence-corrected chi connectivity index (χ0v) is 11.8. The van der Waals surface area contributed by atoms with Gasteiger partial charge in [0.05, 0.1) is 12.4 Å². The number of aryl methyl sites for hydroxylation is 1. The Balaban J connectivity index is 2.24. The molecule has 1 atom stereocenters. The maximum Gasteiger partial charge on any atom is 0.264 e. The van der Waals surface area contributed by atoms with Gasteiger partial charge in [-0.2, -0.15) is 8.42 Å². The minimum atomic E-state index is -3.45. The van der Waals surface area contributed by atoms with Crippen LogP contribution in [0.1, 0.15) is 24.5 Å². The fraction of sp³-hybridized carbons (Fsp3) is 0.462. The first kappa shape index (κ1) is 14.0. The molecular weight excluding hydrogens is 266 g/mol. The number of benzene rings is 1. The van der Waals surface area contributed by atoms with Gasteiger partial charge >= 0.3 is 0 Å². The van der Waals surface area contributed by atoms with Crippen LogP contribution in [0.25, 0.3) is 0 Å². The molecule has 0 radical (unpaired) electrons. The second-order valence-corrected chi connectivity index (χ2v) is 6.39. The molecule has 19 heavy (non-hydrogen) atoms. The Hall–Kier alpha value is -1.40. The number of nitrogens with one attached hydrogen (secondary N) is 1. The summed E-state index contributed by atoms with van der Waals surface area (Å²) in [4.78, 5) is 11.2. The van der Waals surface area contributed by atoms with E-state index >= 15 is 0 Å². The first-order chi connectivity index (χ1) is 8.85. The molecule has 0 aromatic heterocycles. The SMILES string of the molecule is CC(=O)Nc1cccc2c1CC(OS(C)(=O)=O)CC2. The van der Waals surface area contributed by atoms with E-state index in [9.17, 15) is 13.2 Å². The van der Waals surface area contributed by atoms with E-state index in [2.05, 4.69) is 5.32 Å². The third kappa shape index (κ3) is 3.78. The molecule has 6 heteroatoms. The molecule has 1 aromatic rings. The minimum absolute atomic E-state index is 0.139. The number of anilines is 1. The molecular formula is C13H17NO4S. The van der Waals surface area contributed by atoms with Gasteiger partial charge in [-0.1, -0.05) is 12.1 Å². The summed E-state index contributed by atoms with van der Waals surface area (Å²) < 4.78 is 27.4. The van der Waals surface area contributed by atoms with Crippen molar-refractivity contribution in [3.05, 3.63) is 29.3 Å². The molecule has 0 aliphatic heterocycles. The van der Waals surface area contributed by atoms with E-state index < -0.39 is 10.1 Å². The molecule has 0 spiro atoms. The topological polar surface area (TPSA) is 72.5 Å². The third-order valence-electron chi connectivity index (χ3n) is 3.06. The van der Waals surface area contributed by atoms with E-state index in [1.54, 1.807) is 0 Å². The van der Waals surface area contributed by atoms with E-state index in [1.165, 1.54) is 6.92 Å². The summed E-state index contributed by atoms with van der Waals surface area (Å²) in [7, 11) is -3.45. The van der Waals surface area contributed by atoms with Crippen molar-refractivity contribution in [3.63, 3.8) is 0 Å². The lowest BCUT2D eigenvalue weighted by Crippen LogP contribution is -2.26. The van der Waals surface area contributed by atoms with Gasteiger partial charge in [-0.15, -0.1) is 0 Å². The maximum atomic E-state index is 11.2. The van der Waals surface area contributed by atoms with Crippen LogP contribution in [0.4, 0.5) is 5.69 Å². The molecule has 1 aliphatic carbocycles. The highest BCUT2D eigenvalue weighted by Crippen LogP contribution is 2.29. The summed E-state index contributed by atoms with van der Waals surface area (Å²) in [6.45, 7) is 1.45. The number of carbonyl (C=O) groups excluding carboxylic acids is 1. The standard InChI is InChI=1S/C13H17NO4S/c1-9(15)14-13-5-3-4-10-6-7-11(8-12(10)13)18-19(2,16)17/h3-5,11H,6-8H2,1-2H3,(H,14,15). The van der Waals surface area contributed by atoms with Gasteiger partial charge in [-0.05, 0) is 30.0 Å². The fourth-order valence-electron chi connectivity index (χ4n) is 2.39. The summed E-state index contributed by atoms with van der Waals surface area (Å²) in [6.07, 6.45) is 2.63. The van der Waals surface area contributed by atoms with Crippen LogP contribution in [0, 0.1) is 0 Å². The zero-order valence-electron chi connectivity index (χ0n) is 11.0. The van der Waals surface area contributed by atoms with Crippen LogP contribution in [0.2, 0.25) is 0 Å². The Kier molecular flexibility index (Phi) is 3.91. The molecule has 104 valence electrons. The molecule has 0 fully saturated rings. The number of amides is 1. The molecule has 0 bridgehead atoms. The van der Waals surface area contributed by atoms with E-state index in [4.69, 9.17) is 4.18 Å². The highest BCUT2D eigenvalue weighted by molar-refractivity contribution is 7.86.